The summed E-state index contributed by atoms with van der Waals surface area (Å²) in [6.45, 7) is 4.49. The minimum atomic E-state index is 0. The third kappa shape index (κ3) is 3.85. The first kappa shape index (κ1) is 12.4. The summed E-state index contributed by atoms with van der Waals surface area (Å²) >= 11 is 0. The molecule has 0 fully saturated rings. The van der Waals surface area contributed by atoms with Crippen molar-refractivity contribution in [2.45, 2.75) is 39.5 Å². The molecular formula is C11H18Zr. The van der Waals surface area contributed by atoms with E-state index in [9.17, 15) is 0 Å². The normalized spacial score (nSPS) is 20.5. The predicted molar refractivity (Wildman–Crippen MR) is 50.5 cm³/mol. The number of hydrogen-bond acceptors (Lipinski definition) is 0. The molecule has 0 N–H and O–H groups in total. The van der Waals surface area contributed by atoms with Gasteiger partial charge in [0.25, 0.3) is 0 Å². The molecule has 0 bridgehead atoms. The van der Waals surface area contributed by atoms with Crippen LogP contribution >= 0.6 is 0 Å². The van der Waals surface area contributed by atoms with Crippen LogP contribution in [0.5, 0.6) is 0 Å². The van der Waals surface area contributed by atoms with Gasteiger partial charge in [-0.3, -0.25) is 0 Å². The zero-order valence-electron chi connectivity index (χ0n) is 8.14. The Morgan fingerprint density at radius 1 is 1.33 bits per heavy atom. The van der Waals surface area contributed by atoms with Gasteiger partial charge in [0.2, 0.25) is 0 Å². The average molecular weight is 241 g/mol. The molecule has 0 saturated heterocycles. The molecule has 0 aromatic heterocycles. The molecule has 1 unspecified atom stereocenters. The molecule has 0 amide bonds. The Morgan fingerprint density at radius 3 is 2.58 bits per heavy atom. The van der Waals surface area contributed by atoms with E-state index in [1.807, 2.05) is 0 Å². The molecule has 0 nitrogen and oxygen atoms in total. The Hall–Kier alpha value is 0.363. The summed E-state index contributed by atoms with van der Waals surface area (Å²) in [5.74, 6) is 0.738. The second kappa shape index (κ2) is 6.83. The summed E-state index contributed by atoms with van der Waals surface area (Å²) in [7, 11) is 0. The molecule has 1 aliphatic carbocycles. The van der Waals surface area contributed by atoms with Crippen molar-refractivity contribution in [1.29, 1.82) is 0 Å². The maximum Gasteiger partial charge on any atom is 0 e. The molecule has 1 atom stereocenters. The Kier molecular flexibility index (Phi) is 7.04. The number of unbranched alkanes of at least 4 members (excludes halogenated alkanes) is 1. The monoisotopic (exact) mass is 240 g/mol. The topological polar surface area (TPSA) is 0 Å². The van der Waals surface area contributed by atoms with Gasteiger partial charge in [-0.15, -0.1) is 0 Å². The molecule has 1 aliphatic rings. The van der Waals surface area contributed by atoms with Gasteiger partial charge in [-0.05, 0) is 25.2 Å². The van der Waals surface area contributed by atoms with Crippen molar-refractivity contribution in [2.75, 3.05) is 0 Å². The standard InChI is InChI=1S/C11H18.Zr/c1-3-5-6-11-8-7-10(4-2)9-11;/h7-10H,3-6H2,1-2H3;. The van der Waals surface area contributed by atoms with Gasteiger partial charge < -0.3 is 0 Å². The van der Waals surface area contributed by atoms with E-state index < -0.39 is 0 Å². The molecule has 1 heteroatoms. The van der Waals surface area contributed by atoms with Crippen LogP contribution in [0.25, 0.3) is 0 Å². The van der Waals surface area contributed by atoms with Gasteiger partial charge in [-0.25, -0.2) is 0 Å². The largest absolute Gasteiger partial charge is 0.0774 e. The van der Waals surface area contributed by atoms with Crippen LogP contribution in [0, 0.1) is 5.92 Å². The van der Waals surface area contributed by atoms with Crippen molar-refractivity contribution in [1.82, 2.24) is 0 Å². The fraction of sp³-hybridized carbons (Fsp3) is 0.636. The first-order chi connectivity index (χ1) is 5.36. The van der Waals surface area contributed by atoms with E-state index in [-0.39, 0.29) is 26.2 Å². The minimum Gasteiger partial charge on any atom is -0.0774 e. The fourth-order valence-electron chi connectivity index (χ4n) is 1.43. The van der Waals surface area contributed by atoms with Crippen molar-refractivity contribution in [3.63, 3.8) is 0 Å². The van der Waals surface area contributed by atoms with E-state index in [1.165, 1.54) is 25.7 Å². The molecule has 0 saturated carbocycles. The second-order valence-corrected chi connectivity index (χ2v) is 3.28. The van der Waals surface area contributed by atoms with E-state index in [0.717, 1.165) is 5.92 Å². The number of allylic oxidation sites excluding steroid dienone is 4. The van der Waals surface area contributed by atoms with Gasteiger partial charge in [0.05, 0.1) is 0 Å². The summed E-state index contributed by atoms with van der Waals surface area (Å²) < 4.78 is 0. The van der Waals surface area contributed by atoms with Gasteiger partial charge >= 0.3 is 0 Å². The van der Waals surface area contributed by atoms with Crippen molar-refractivity contribution < 1.29 is 26.2 Å². The smallest absolute Gasteiger partial charge is 0 e. The third-order valence-electron chi connectivity index (χ3n) is 2.28. The van der Waals surface area contributed by atoms with E-state index in [1.54, 1.807) is 5.57 Å². The molecule has 0 aromatic rings. The van der Waals surface area contributed by atoms with Gasteiger partial charge in [-0.1, -0.05) is 44.1 Å². The molecule has 0 aromatic carbocycles. The van der Waals surface area contributed by atoms with Crippen LogP contribution < -0.4 is 0 Å². The van der Waals surface area contributed by atoms with Gasteiger partial charge in [0.1, 0.15) is 0 Å². The Bertz CT molecular complexity index is 168. The van der Waals surface area contributed by atoms with E-state index >= 15 is 0 Å². The summed E-state index contributed by atoms with van der Waals surface area (Å²) in [6.07, 6.45) is 12.2. The third-order valence-corrected chi connectivity index (χ3v) is 2.28. The second-order valence-electron chi connectivity index (χ2n) is 3.28. The Morgan fingerprint density at radius 2 is 2.08 bits per heavy atom. The van der Waals surface area contributed by atoms with Crippen molar-refractivity contribution in [3.8, 4) is 0 Å². The molecule has 12 heavy (non-hydrogen) atoms. The van der Waals surface area contributed by atoms with Crippen molar-refractivity contribution in [3.05, 3.63) is 23.8 Å². The first-order valence-corrected chi connectivity index (χ1v) is 4.75. The summed E-state index contributed by atoms with van der Waals surface area (Å²) in [5.41, 5.74) is 1.55. The van der Waals surface area contributed by atoms with E-state index in [0.29, 0.717) is 0 Å². The van der Waals surface area contributed by atoms with Crippen LogP contribution in [-0.4, -0.2) is 0 Å². The van der Waals surface area contributed by atoms with Crippen LogP contribution in [0.1, 0.15) is 39.5 Å². The molecule has 0 heterocycles. The SMILES string of the molecule is CCCCC1=CC(CC)C=C1.[Zr]. The van der Waals surface area contributed by atoms with Gasteiger partial charge in [0.15, 0.2) is 0 Å². The van der Waals surface area contributed by atoms with Crippen LogP contribution in [-0.2, 0) is 26.2 Å². The van der Waals surface area contributed by atoms with Crippen molar-refractivity contribution in [2.24, 2.45) is 5.92 Å². The molecule has 0 radical (unpaired) electrons. The Balaban J connectivity index is 0.00000121. The van der Waals surface area contributed by atoms with Crippen LogP contribution in [0.15, 0.2) is 23.8 Å². The van der Waals surface area contributed by atoms with Crippen LogP contribution in [0.2, 0.25) is 0 Å². The quantitative estimate of drug-likeness (QED) is 0.704. The zero-order valence-corrected chi connectivity index (χ0v) is 10.6. The van der Waals surface area contributed by atoms with Gasteiger partial charge in [0, 0.05) is 26.2 Å². The molecule has 1 rings (SSSR count). The molecule has 66 valence electrons. The maximum atomic E-state index is 2.41. The minimum absolute atomic E-state index is 0. The van der Waals surface area contributed by atoms with Crippen LogP contribution in [0.4, 0.5) is 0 Å². The number of hydrogen-bond donors (Lipinski definition) is 0. The predicted octanol–water partition coefficient (Wildman–Crippen LogP) is 3.70. The first-order valence-electron chi connectivity index (χ1n) is 4.75. The zero-order chi connectivity index (χ0) is 8.10. The molecular weight excluding hydrogens is 223 g/mol. The summed E-state index contributed by atoms with van der Waals surface area (Å²) in [4.78, 5) is 0. The van der Waals surface area contributed by atoms with Gasteiger partial charge in [-0.2, -0.15) is 0 Å². The van der Waals surface area contributed by atoms with E-state index in [4.69, 9.17) is 0 Å². The molecule has 0 spiro atoms. The average Bonchev–Trinajstić information content (AvgIpc) is 2.48. The summed E-state index contributed by atoms with van der Waals surface area (Å²) in [5, 5.41) is 0. The molecule has 0 aliphatic heterocycles. The van der Waals surface area contributed by atoms with Crippen LogP contribution in [0.3, 0.4) is 0 Å². The van der Waals surface area contributed by atoms with E-state index in [2.05, 4.69) is 32.1 Å². The van der Waals surface area contributed by atoms with Crippen molar-refractivity contribution >= 4 is 0 Å². The maximum absolute atomic E-state index is 2.41. The fourth-order valence-corrected chi connectivity index (χ4v) is 1.43. The summed E-state index contributed by atoms with van der Waals surface area (Å²) in [6, 6.07) is 0. The number of rotatable bonds is 4. The Labute approximate surface area is 95.3 Å².